The van der Waals surface area contributed by atoms with Gasteiger partial charge in [-0.2, -0.15) is 0 Å². The number of aryl methyl sites for hydroxylation is 1. The van der Waals surface area contributed by atoms with Crippen LogP contribution >= 0.6 is 0 Å². The van der Waals surface area contributed by atoms with Crippen LogP contribution in [0.4, 0.5) is 0 Å². The Labute approximate surface area is 157 Å². The maximum absolute atomic E-state index is 11.9. The van der Waals surface area contributed by atoms with E-state index < -0.39 is 10.0 Å². The minimum Gasteiger partial charge on any atom is -0.334 e. The second-order valence-electron chi connectivity index (χ2n) is 8.41. The van der Waals surface area contributed by atoms with E-state index in [-0.39, 0.29) is 0 Å². The Hall–Kier alpha value is -0.920. The van der Waals surface area contributed by atoms with Gasteiger partial charge in [0, 0.05) is 32.4 Å². The van der Waals surface area contributed by atoms with Crippen molar-refractivity contribution in [3.8, 4) is 0 Å². The highest BCUT2D eigenvalue weighted by Crippen LogP contribution is 2.35. The highest BCUT2D eigenvalue weighted by Gasteiger charge is 2.34. The molecule has 146 valence electrons. The number of sulfonamides is 1. The van der Waals surface area contributed by atoms with Crippen LogP contribution in [0.15, 0.2) is 0 Å². The van der Waals surface area contributed by atoms with E-state index in [1.165, 1.54) is 49.2 Å². The highest BCUT2D eigenvalue weighted by atomic mass is 32.2. The lowest BCUT2D eigenvalue weighted by Gasteiger charge is -2.35. The lowest BCUT2D eigenvalue weighted by molar-refractivity contribution is 0.163. The summed E-state index contributed by atoms with van der Waals surface area (Å²) in [6.45, 7) is 3.47. The third-order valence-corrected chi connectivity index (χ3v) is 7.78. The molecule has 0 saturated carbocycles. The van der Waals surface area contributed by atoms with Crippen molar-refractivity contribution in [2.24, 2.45) is 13.0 Å². The van der Waals surface area contributed by atoms with E-state index in [2.05, 4.69) is 16.5 Å². The molecule has 2 unspecified atom stereocenters. The molecular weight excluding hydrogens is 348 g/mol. The van der Waals surface area contributed by atoms with Crippen LogP contribution in [0.2, 0.25) is 0 Å². The molecular formula is C19H32N4O2S. The molecule has 0 radical (unpaired) electrons. The van der Waals surface area contributed by atoms with Crippen molar-refractivity contribution in [3.63, 3.8) is 0 Å². The molecule has 26 heavy (non-hydrogen) atoms. The van der Waals surface area contributed by atoms with Crippen molar-refractivity contribution in [1.82, 2.24) is 18.8 Å². The molecule has 0 bridgehead atoms. The SMILES string of the molecule is Cn1c(C2CCCN2CC2CCCN(S(C)(=O)=O)C2)nc2c1CCCC2. The summed E-state index contributed by atoms with van der Waals surface area (Å²) >= 11 is 0. The first kappa shape index (κ1) is 18.4. The van der Waals surface area contributed by atoms with E-state index >= 15 is 0 Å². The average molecular weight is 381 g/mol. The van der Waals surface area contributed by atoms with Gasteiger partial charge in [-0.05, 0) is 63.8 Å². The molecule has 2 fully saturated rings. The number of imidazole rings is 1. The van der Waals surface area contributed by atoms with Gasteiger partial charge in [0.05, 0.1) is 18.0 Å². The summed E-state index contributed by atoms with van der Waals surface area (Å²) in [6.07, 6.45) is 10.7. The summed E-state index contributed by atoms with van der Waals surface area (Å²) in [7, 11) is -0.879. The van der Waals surface area contributed by atoms with Crippen molar-refractivity contribution in [1.29, 1.82) is 0 Å². The zero-order valence-electron chi connectivity index (χ0n) is 16.2. The number of nitrogens with zero attached hydrogens (tertiary/aromatic N) is 4. The van der Waals surface area contributed by atoms with Crippen LogP contribution in [0.5, 0.6) is 0 Å². The largest absolute Gasteiger partial charge is 0.334 e. The van der Waals surface area contributed by atoms with Crippen LogP contribution in [0.1, 0.15) is 61.8 Å². The second-order valence-corrected chi connectivity index (χ2v) is 10.4. The van der Waals surface area contributed by atoms with E-state index in [0.29, 0.717) is 25.0 Å². The Bertz CT molecular complexity index is 758. The Morgan fingerprint density at radius 3 is 2.62 bits per heavy atom. The topological polar surface area (TPSA) is 58.4 Å². The van der Waals surface area contributed by atoms with Crippen LogP contribution in [0, 0.1) is 5.92 Å². The normalized spacial score (nSPS) is 28.4. The predicted molar refractivity (Wildman–Crippen MR) is 103 cm³/mol. The summed E-state index contributed by atoms with van der Waals surface area (Å²) in [5.74, 6) is 1.68. The maximum atomic E-state index is 11.9. The number of aromatic nitrogens is 2. The van der Waals surface area contributed by atoms with Crippen molar-refractivity contribution in [3.05, 3.63) is 17.2 Å². The number of piperidine rings is 1. The molecule has 3 aliphatic rings. The van der Waals surface area contributed by atoms with Gasteiger partial charge in [0.1, 0.15) is 5.82 Å². The summed E-state index contributed by atoms with van der Waals surface area (Å²) in [5, 5.41) is 0. The molecule has 1 aromatic heterocycles. The van der Waals surface area contributed by atoms with Crippen LogP contribution in [0.3, 0.4) is 0 Å². The van der Waals surface area contributed by atoms with Crippen molar-refractivity contribution in [2.45, 2.75) is 57.4 Å². The fraction of sp³-hybridized carbons (Fsp3) is 0.842. The quantitative estimate of drug-likeness (QED) is 0.803. The average Bonchev–Trinajstić information content (AvgIpc) is 3.19. The van der Waals surface area contributed by atoms with Gasteiger partial charge in [0.2, 0.25) is 10.0 Å². The van der Waals surface area contributed by atoms with Crippen molar-refractivity contribution in [2.75, 3.05) is 32.4 Å². The van der Waals surface area contributed by atoms with Gasteiger partial charge in [0.25, 0.3) is 0 Å². The first-order valence-electron chi connectivity index (χ1n) is 10.2. The van der Waals surface area contributed by atoms with Gasteiger partial charge in [-0.25, -0.2) is 17.7 Å². The fourth-order valence-corrected chi connectivity index (χ4v) is 6.09. The molecule has 2 aliphatic heterocycles. The van der Waals surface area contributed by atoms with Crippen molar-refractivity contribution >= 4 is 10.0 Å². The fourth-order valence-electron chi connectivity index (χ4n) is 5.15. The molecule has 4 rings (SSSR count). The lowest BCUT2D eigenvalue weighted by atomic mass is 9.98. The second kappa shape index (κ2) is 7.24. The molecule has 0 N–H and O–H groups in total. The maximum Gasteiger partial charge on any atom is 0.211 e. The lowest BCUT2D eigenvalue weighted by Crippen LogP contribution is -2.43. The first-order chi connectivity index (χ1) is 12.4. The minimum atomic E-state index is -3.07. The third kappa shape index (κ3) is 3.58. The third-order valence-electron chi connectivity index (χ3n) is 6.51. The first-order valence-corrected chi connectivity index (χ1v) is 12.0. The zero-order valence-corrected chi connectivity index (χ0v) is 17.0. The van der Waals surface area contributed by atoms with E-state index in [4.69, 9.17) is 4.98 Å². The van der Waals surface area contributed by atoms with Gasteiger partial charge in [-0.15, -0.1) is 0 Å². The van der Waals surface area contributed by atoms with Crippen LogP contribution < -0.4 is 0 Å². The van der Waals surface area contributed by atoms with Gasteiger partial charge >= 0.3 is 0 Å². The molecule has 2 atom stereocenters. The van der Waals surface area contributed by atoms with E-state index in [1.807, 2.05) is 0 Å². The molecule has 0 amide bonds. The Morgan fingerprint density at radius 1 is 1.08 bits per heavy atom. The van der Waals surface area contributed by atoms with E-state index in [9.17, 15) is 8.42 Å². The molecule has 0 aromatic carbocycles. The molecule has 6 nitrogen and oxygen atoms in total. The molecule has 1 aliphatic carbocycles. The predicted octanol–water partition coefficient (Wildman–Crippen LogP) is 2.11. The standard InChI is InChI=1S/C19H32N4O2S/c1-21-17-9-4-3-8-16(17)20-19(21)18-10-6-11-22(18)13-15-7-5-12-23(14-15)26(2,24)25/h15,18H,3-14H2,1-2H3. The smallest absolute Gasteiger partial charge is 0.211 e. The Balaban J connectivity index is 1.48. The Kier molecular flexibility index (Phi) is 5.14. The molecule has 3 heterocycles. The van der Waals surface area contributed by atoms with Gasteiger partial charge in [0.15, 0.2) is 0 Å². The number of rotatable bonds is 4. The van der Waals surface area contributed by atoms with Crippen LogP contribution in [-0.2, 0) is 29.9 Å². The Morgan fingerprint density at radius 2 is 1.85 bits per heavy atom. The monoisotopic (exact) mass is 380 g/mol. The highest BCUT2D eigenvalue weighted by molar-refractivity contribution is 7.88. The summed E-state index contributed by atoms with van der Waals surface area (Å²) in [6, 6.07) is 0.402. The minimum absolute atomic E-state index is 0.402. The molecule has 2 saturated heterocycles. The van der Waals surface area contributed by atoms with E-state index in [0.717, 1.165) is 38.8 Å². The molecule has 0 spiro atoms. The number of hydrogen-bond donors (Lipinski definition) is 0. The van der Waals surface area contributed by atoms with Gasteiger partial charge in [-0.1, -0.05) is 0 Å². The summed E-state index contributed by atoms with van der Waals surface area (Å²) in [4.78, 5) is 7.62. The van der Waals surface area contributed by atoms with Crippen LogP contribution in [-0.4, -0.2) is 59.6 Å². The number of fused-ring (bicyclic) bond motifs is 1. The van der Waals surface area contributed by atoms with Gasteiger partial charge in [-0.3, -0.25) is 4.90 Å². The number of hydrogen-bond acceptors (Lipinski definition) is 4. The van der Waals surface area contributed by atoms with Gasteiger partial charge < -0.3 is 4.57 Å². The summed E-state index contributed by atoms with van der Waals surface area (Å²) < 4.78 is 27.9. The van der Waals surface area contributed by atoms with E-state index in [1.54, 1.807) is 4.31 Å². The molecule has 1 aromatic rings. The summed E-state index contributed by atoms with van der Waals surface area (Å²) in [5.41, 5.74) is 2.76. The number of likely N-dealkylation sites (tertiary alicyclic amines) is 1. The van der Waals surface area contributed by atoms with Crippen molar-refractivity contribution < 1.29 is 8.42 Å². The van der Waals surface area contributed by atoms with Crippen LogP contribution in [0.25, 0.3) is 0 Å². The zero-order chi connectivity index (χ0) is 18.3. The molecule has 7 heteroatoms.